The van der Waals surface area contributed by atoms with Crippen molar-refractivity contribution in [3.8, 4) is 0 Å². The van der Waals surface area contributed by atoms with Crippen molar-refractivity contribution in [2.75, 3.05) is 24.7 Å². The van der Waals surface area contributed by atoms with Gasteiger partial charge in [0.25, 0.3) is 0 Å². The van der Waals surface area contributed by atoms with Crippen LogP contribution in [0, 0.1) is 0 Å². The third-order valence-corrected chi connectivity index (χ3v) is 3.98. The highest BCUT2D eigenvalue weighted by Crippen LogP contribution is 2.17. The normalized spacial score (nSPS) is 11.9. The Bertz CT molecular complexity index is 649. The molecule has 0 bridgehead atoms. The molecule has 0 fully saturated rings. The maximum absolute atomic E-state index is 11.3. The summed E-state index contributed by atoms with van der Waals surface area (Å²) in [6.45, 7) is 0.284. The summed E-state index contributed by atoms with van der Waals surface area (Å²) in [6, 6.07) is 1.86. The van der Waals surface area contributed by atoms with Gasteiger partial charge in [-0.25, -0.2) is 23.1 Å². The average Bonchev–Trinajstić information content (AvgIpc) is 2.72. The monoisotopic (exact) mass is 269 g/mol. The van der Waals surface area contributed by atoms with E-state index in [1.54, 1.807) is 12.5 Å². The van der Waals surface area contributed by atoms with Crippen molar-refractivity contribution in [2.24, 2.45) is 7.05 Å². The van der Waals surface area contributed by atoms with Gasteiger partial charge >= 0.3 is 0 Å². The number of hydrogen-bond donors (Lipinski definition) is 2. The van der Waals surface area contributed by atoms with Crippen LogP contribution in [0.5, 0.6) is 0 Å². The molecule has 0 aliphatic rings. The van der Waals surface area contributed by atoms with Crippen molar-refractivity contribution in [1.29, 1.82) is 0 Å². The summed E-state index contributed by atoms with van der Waals surface area (Å²) in [4.78, 5) is 8.39. The van der Waals surface area contributed by atoms with Gasteiger partial charge in [-0.3, -0.25) is 0 Å². The van der Waals surface area contributed by atoms with E-state index in [1.165, 1.54) is 7.05 Å². The second-order valence-corrected chi connectivity index (χ2v) is 5.88. The molecule has 0 aliphatic carbocycles. The summed E-state index contributed by atoms with van der Waals surface area (Å²) in [7, 11) is 0.0857. The quantitative estimate of drug-likeness (QED) is 0.793. The lowest BCUT2D eigenvalue weighted by Crippen LogP contribution is -2.26. The number of nitrogens with zero attached hydrogens (tertiary/aromatic N) is 3. The number of anilines is 1. The molecule has 0 amide bonds. The molecule has 2 aromatic rings. The van der Waals surface area contributed by atoms with Gasteiger partial charge in [-0.2, -0.15) is 0 Å². The Balaban J connectivity index is 2.13. The van der Waals surface area contributed by atoms with Gasteiger partial charge in [0.2, 0.25) is 10.0 Å². The maximum Gasteiger partial charge on any atom is 0.213 e. The Morgan fingerprint density at radius 3 is 2.89 bits per heavy atom. The van der Waals surface area contributed by atoms with Gasteiger partial charge in [-0.05, 0) is 13.1 Å². The minimum absolute atomic E-state index is 0.00555. The van der Waals surface area contributed by atoms with Gasteiger partial charge in [0.05, 0.1) is 17.6 Å². The lowest BCUT2D eigenvalue weighted by Gasteiger charge is -2.06. The zero-order valence-electron chi connectivity index (χ0n) is 10.2. The van der Waals surface area contributed by atoms with Crippen LogP contribution in [0.2, 0.25) is 0 Å². The fourth-order valence-electron chi connectivity index (χ4n) is 1.60. The molecule has 2 N–H and O–H groups in total. The molecule has 8 heteroatoms. The molecular weight excluding hydrogens is 254 g/mol. The molecule has 98 valence electrons. The number of aryl methyl sites for hydroxylation is 1. The van der Waals surface area contributed by atoms with Gasteiger partial charge in [-0.1, -0.05) is 0 Å². The van der Waals surface area contributed by atoms with Crippen molar-refractivity contribution in [3.63, 3.8) is 0 Å². The Labute approximate surface area is 105 Å². The smallest absolute Gasteiger partial charge is 0.213 e. The molecule has 0 saturated carbocycles. The Kier molecular flexibility index (Phi) is 3.48. The summed E-state index contributed by atoms with van der Waals surface area (Å²) >= 11 is 0. The SMILES string of the molecule is CNS(=O)(=O)CCNc1nccc2c1ncn2C. The third-order valence-electron chi connectivity index (χ3n) is 2.62. The number of hydrogen-bond acceptors (Lipinski definition) is 5. The van der Waals surface area contributed by atoms with Gasteiger partial charge < -0.3 is 9.88 Å². The van der Waals surface area contributed by atoms with Crippen molar-refractivity contribution in [1.82, 2.24) is 19.3 Å². The maximum atomic E-state index is 11.3. The number of nitrogens with one attached hydrogen (secondary N) is 2. The second kappa shape index (κ2) is 4.91. The highest BCUT2D eigenvalue weighted by Gasteiger charge is 2.09. The van der Waals surface area contributed by atoms with Crippen LogP contribution in [-0.2, 0) is 17.1 Å². The predicted molar refractivity (Wildman–Crippen MR) is 69.8 cm³/mol. The van der Waals surface area contributed by atoms with Gasteiger partial charge in [0, 0.05) is 19.8 Å². The molecule has 0 unspecified atom stereocenters. The third kappa shape index (κ3) is 2.59. The topological polar surface area (TPSA) is 88.9 Å². The zero-order valence-corrected chi connectivity index (χ0v) is 11.0. The van der Waals surface area contributed by atoms with Gasteiger partial charge in [-0.15, -0.1) is 0 Å². The molecule has 7 nitrogen and oxygen atoms in total. The number of fused-ring (bicyclic) bond motifs is 1. The lowest BCUT2D eigenvalue weighted by atomic mass is 10.4. The lowest BCUT2D eigenvalue weighted by molar-refractivity contribution is 0.588. The number of imidazole rings is 1. The van der Waals surface area contributed by atoms with E-state index in [-0.39, 0.29) is 12.3 Å². The fraction of sp³-hybridized carbons (Fsp3) is 0.400. The van der Waals surface area contributed by atoms with E-state index in [0.29, 0.717) is 5.82 Å². The number of sulfonamides is 1. The summed E-state index contributed by atoms with van der Waals surface area (Å²) in [5.74, 6) is 0.591. The minimum atomic E-state index is -3.20. The minimum Gasteiger partial charge on any atom is -0.367 e. The van der Waals surface area contributed by atoms with E-state index >= 15 is 0 Å². The first-order chi connectivity index (χ1) is 8.53. The van der Waals surface area contributed by atoms with E-state index in [1.807, 2.05) is 17.7 Å². The van der Waals surface area contributed by atoms with Crippen molar-refractivity contribution in [3.05, 3.63) is 18.6 Å². The fourth-order valence-corrected chi connectivity index (χ4v) is 2.17. The first-order valence-electron chi connectivity index (χ1n) is 5.44. The second-order valence-electron chi connectivity index (χ2n) is 3.83. The van der Waals surface area contributed by atoms with Crippen molar-refractivity contribution >= 4 is 26.9 Å². The van der Waals surface area contributed by atoms with Crippen LogP contribution in [0.25, 0.3) is 11.0 Å². The van der Waals surface area contributed by atoms with Crippen LogP contribution in [-0.4, -0.2) is 42.3 Å². The van der Waals surface area contributed by atoms with Crippen LogP contribution in [0.1, 0.15) is 0 Å². The first-order valence-corrected chi connectivity index (χ1v) is 7.10. The summed E-state index contributed by atoms with van der Waals surface area (Å²) in [5, 5.41) is 2.99. The predicted octanol–water partition coefficient (Wildman–Crippen LogP) is -0.0706. The molecule has 2 heterocycles. The molecule has 0 spiro atoms. The molecule has 2 aromatic heterocycles. The van der Waals surface area contributed by atoms with Gasteiger partial charge in [0.1, 0.15) is 5.52 Å². The average molecular weight is 269 g/mol. The van der Waals surface area contributed by atoms with Crippen LogP contribution < -0.4 is 10.0 Å². The van der Waals surface area contributed by atoms with Crippen LogP contribution in [0.3, 0.4) is 0 Å². The Morgan fingerprint density at radius 1 is 1.39 bits per heavy atom. The number of rotatable bonds is 5. The van der Waals surface area contributed by atoms with Crippen LogP contribution in [0.15, 0.2) is 18.6 Å². The molecule has 0 saturated heterocycles. The molecule has 0 aliphatic heterocycles. The first kappa shape index (κ1) is 12.8. The van der Waals surface area contributed by atoms with Crippen LogP contribution >= 0.6 is 0 Å². The van der Waals surface area contributed by atoms with Gasteiger partial charge in [0.15, 0.2) is 5.82 Å². The molecule has 0 atom stereocenters. The van der Waals surface area contributed by atoms with E-state index in [2.05, 4.69) is 20.0 Å². The molecule has 0 aromatic carbocycles. The zero-order chi connectivity index (χ0) is 13.2. The van der Waals surface area contributed by atoms with E-state index < -0.39 is 10.0 Å². The Morgan fingerprint density at radius 2 is 2.17 bits per heavy atom. The molecular formula is C10H15N5O2S. The van der Waals surface area contributed by atoms with Crippen molar-refractivity contribution < 1.29 is 8.42 Å². The highest BCUT2D eigenvalue weighted by molar-refractivity contribution is 7.89. The van der Waals surface area contributed by atoms with Crippen LogP contribution in [0.4, 0.5) is 5.82 Å². The van der Waals surface area contributed by atoms with E-state index in [4.69, 9.17) is 0 Å². The summed E-state index contributed by atoms with van der Waals surface area (Å²) in [5.41, 5.74) is 1.69. The summed E-state index contributed by atoms with van der Waals surface area (Å²) in [6.07, 6.45) is 3.36. The summed E-state index contributed by atoms with van der Waals surface area (Å²) < 4.78 is 26.7. The van der Waals surface area contributed by atoms with Crippen molar-refractivity contribution in [2.45, 2.75) is 0 Å². The molecule has 2 rings (SSSR count). The largest absolute Gasteiger partial charge is 0.367 e. The molecule has 0 radical (unpaired) electrons. The molecule has 18 heavy (non-hydrogen) atoms. The van der Waals surface area contributed by atoms with E-state index in [9.17, 15) is 8.42 Å². The standard InChI is InChI=1S/C10H15N5O2S/c1-11-18(16,17)6-5-13-10-9-8(3-4-12-10)15(2)7-14-9/h3-4,7,11H,5-6H2,1-2H3,(H,12,13). The Hall–Kier alpha value is -1.67. The number of aromatic nitrogens is 3. The number of pyridine rings is 1. The highest BCUT2D eigenvalue weighted by atomic mass is 32.2. The van der Waals surface area contributed by atoms with E-state index in [0.717, 1.165) is 11.0 Å².